The van der Waals surface area contributed by atoms with E-state index in [0.29, 0.717) is 31.3 Å². The monoisotopic (exact) mass is 572 g/mol. The minimum atomic E-state index is -4.11. The third kappa shape index (κ3) is 5.02. The Hall–Kier alpha value is -3.62. The van der Waals surface area contributed by atoms with Gasteiger partial charge in [0.2, 0.25) is 17.6 Å². The molecule has 2 N–H and O–H groups in total. The summed E-state index contributed by atoms with van der Waals surface area (Å²) in [5.74, 6) is -1.90. The van der Waals surface area contributed by atoms with Gasteiger partial charge in [0.1, 0.15) is 5.82 Å². The highest BCUT2D eigenvalue weighted by Gasteiger charge is 2.48. The van der Waals surface area contributed by atoms with Crippen molar-refractivity contribution in [2.24, 2.45) is 5.73 Å². The number of carbonyl (C=O) groups is 1. The highest BCUT2D eigenvalue weighted by molar-refractivity contribution is 7.91. The Balaban J connectivity index is 1.39. The van der Waals surface area contributed by atoms with E-state index >= 15 is 4.39 Å². The van der Waals surface area contributed by atoms with E-state index in [1.807, 2.05) is 18.7 Å². The number of morpholine rings is 1. The Morgan fingerprint density at radius 1 is 1.25 bits per heavy atom. The molecule has 6 rings (SSSR count). The standard InChI is InChI=1S/C26H29FN6O6S/c1-15(2)38-22-5-3-4-16(29-22)12-33-20-10-17(18(27)11-21(20)40(35,36)13-19(28)24(33)34)23-30-25(39-31-23)32-8-9-37-26(14-32)6-7-26/h3-5,10-11,15,19H,6-9,12-14,28H2,1-2H3/t19-/m0/s1. The lowest BCUT2D eigenvalue weighted by atomic mass is 10.1. The van der Waals surface area contributed by atoms with Gasteiger partial charge in [0.15, 0.2) is 9.84 Å². The van der Waals surface area contributed by atoms with Crippen molar-refractivity contribution in [1.82, 2.24) is 15.1 Å². The SMILES string of the molecule is CC(C)Oc1cccc(CN2C(=O)[C@@H](N)CS(=O)(=O)c3cc(F)c(-c4noc(N5CCOC6(CC6)C5)n4)cc32)n1. The van der Waals surface area contributed by atoms with Crippen LogP contribution in [0, 0.1) is 5.82 Å². The number of anilines is 2. The van der Waals surface area contributed by atoms with Crippen LogP contribution in [0.4, 0.5) is 16.1 Å². The van der Waals surface area contributed by atoms with E-state index in [-0.39, 0.29) is 46.2 Å². The molecule has 40 heavy (non-hydrogen) atoms. The van der Waals surface area contributed by atoms with Crippen LogP contribution in [0.3, 0.4) is 0 Å². The fraction of sp³-hybridized carbons (Fsp3) is 0.462. The number of nitrogens with two attached hydrogens (primary N) is 1. The van der Waals surface area contributed by atoms with Gasteiger partial charge in [0.25, 0.3) is 0 Å². The average molecular weight is 573 g/mol. The van der Waals surface area contributed by atoms with E-state index in [0.717, 1.165) is 18.9 Å². The zero-order chi connectivity index (χ0) is 28.2. The summed E-state index contributed by atoms with van der Waals surface area (Å²) in [6.45, 7) is 5.23. The molecule has 3 aliphatic rings. The van der Waals surface area contributed by atoms with Gasteiger partial charge in [0, 0.05) is 12.6 Å². The van der Waals surface area contributed by atoms with Crippen molar-refractivity contribution in [2.75, 3.05) is 35.2 Å². The van der Waals surface area contributed by atoms with E-state index in [9.17, 15) is 13.2 Å². The molecular weight excluding hydrogens is 543 g/mol. The molecule has 1 aliphatic carbocycles. The molecule has 12 nitrogen and oxygen atoms in total. The van der Waals surface area contributed by atoms with Crippen LogP contribution in [0.5, 0.6) is 5.88 Å². The number of amides is 1. The molecule has 1 amide bonds. The first-order valence-corrected chi connectivity index (χ1v) is 14.7. The van der Waals surface area contributed by atoms with Crippen LogP contribution in [0.2, 0.25) is 0 Å². The van der Waals surface area contributed by atoms with Gasteiger partial charge < -0.3 is 29.5 Å². The quantitative estimate of drug-likeness (QED) is 0.462. The van der Waals surface area contributed by atoms with Crippen LogP contribution in [-0.2, 0) is 25.9 Å². The highest BCUT2D eigenvalue weighted by Crippen LogP contribution is 2.43. The van der Waals surface area contributed by atoms with E-state index in [1.165, 1.54) is 11.0 Å². The zero-order valence-corrected chi connectivity index (χ0v) is 22.9. The molecule has 4 heterocycles. The third-order valence-electron chi connectivity index (χ3n) is 7.10. The molecule has 2 aliphatic heterocycles. The van der Waals surface area contributed by atoms with Crippen molar-refractivity contribution in [3.63, 3.8) is 0 Å². The predicted molar refractivity (Wildman–Crippen MR) is 141 cm³/mol. The Morgan fingerprint density at radius 2 is 2.05 bits per heavy atom. The maximum atomic E-state index is 15.5. The number of fused-ring (bicyclic) bond motifs is 1. The number of aromatic nitrogens is 3. The van der Waals surface area contributed by atoms with Crippen LogP contribution < -0.4 is 20.3 Å². The predicted octanol–water partition coefficient (Wildman–Crippen LogP) is 2.07. The lowest BCUT2D eigenvalue weighted by Crippen LogP contribution is -2.45. The molecule has 0 radical (unpaired) electrons. The van der Waals surface area contributed by atoms with Gasteiger partial charge >= 0.3 is 6.01 Å². The number of ether oxygens (including phenoxy) is 2. The average Bonchev–Trinajstić information content (AvgIpc) is 3.46. The highest BCUT2D eigenvalue weighted by atomic mass is 32.2. The largest absolute Gasteiger partial charge is 0.475 e. The van der Waals surface area contributed by atoms with Gasteiger partial charge in [-0.25, -0.2) is 17.8 Å². The third-order valence-corrected chi connectivity index (χ3v) is 8.89. The molecule has 1 saturated heterocycles. The molecule has 1 aromatic carbocycles. The van der Waals surface area contributed by atoms with Crippen LogP contribution >= 0.6 is 0 Å². The van der Waals surface area contributed by atoms with Crippen molar-refractivity contribution in [1.29, 1.82) is 0 Å². The first-order chi connectivity index (χ1) is 19.0. The summed E-state index contributed by atoms with van der Waals surface area (Å²) in [4.78, 5) is 25.0. The number of hydrogen-bond donors (Lipinski definition) is 1. The maximum absolute atomic E-state index is 15.5. The van der Waals surface area contributed by atoms with E-state index in [1.54, 1.807) is 18.2 Å². The molecule has 2 aromatic heterocycles. The lowest BCUT2D eigenvalue weighted by Gasteiger charge is -2.31. The normalized spacial score (nSPS) is 21.4. The fourth-order valence-corrected chi connectivity index (χ4v) is 6.54. The first-order valence-electron chi connectivity index (χ1n) is 13.0. The van der Waals surface area contributed by atoms with Crippen LogP contribution in [0.25, 0.3) is 11.4 Å². The van der Waals surface area contributed by atoms with E-state index < -0.39 is 33.4 Å². The first kappa shape index (κ1) is 26.6. The molecule has 14 heteroatoms. The van der Waals surface area contributed by atoms with Gasteiger partial charge in [-0.1, -0.05) is 11.2 Å². The minimum absolute atomic E-state index is 0.0408. The van der Waals surface area contributed by atoms with Crippen LogP contribution in [0.1, 0.15) is 32.4 Å². The zero-order valence-electron chi connectivity index (χ0n) is 22.0. The van der Waals surface area contributed by atoms with Gasteiger partial charge in [0.05, 0.1) is 65.0 Å². The number of pyridine rings is 1. The fourth-order valence-electron chi connectivity index (χ4n) is 4.97. The molecule has 1 saturated carbocycles. The molecule has 0 unspecified atom stereocenters. The summed E-state index contributed by atoms with van der Waals surface area (Å²) in [6, 6.07) is 6.07. The van der Waals surface area contributed by atoms with Crippen molar-refractivity contribution in [2.45, 2.75) is 55.9 Å². The number of halogens is 1. The van der Waals surface area contributed by atoms with E-state index in [2.05, 4.69) is 15.1 Å². The number of rotatable bonds is 6. The van der Waals surface area contributed by atoms with Gasteiger partial charge in [-0.15, -0.1) is 0 Å². The summed E-state index contributed by atoms with van der Waals surface area (Å²) in [5, 5.41) is 3.97. The van der Waals surface area contributed by atoms with Crippen molar-refractivity contribution in [3.05, 3.63) is 41.8 Å². The summed E-state index contributed by atoms with van der Waals surface area (Å²) >= 11 is 0. The molecule has 1 spiro atoms. The van der Waals surface area contributed by atoms with Gasteiger partial charge in [-0.05, 0) is 44.9 Å². The van der Waals surface area contributed by atoms with Crippen molar-refractivity contribution in [3.8, 4) is 17.3 Å². The molecule has 1 atom stereocenters. The number of benzene rings is 1. The second-order valence-corrected chi connectivity index (χ2v) is 12.6. The molecule has 212 valence electrons. The van der Waals surface area contributed by atoms with Crippen LogP contribution in [-0.4, -0.2) is 72.6 Å². The van der Waals surface area contributed by atoms with Crippen molar-refractivity contribution < 1.29 is 31.6 Å². The Labute approximate surface area is 230 Å². The maximum Gasteiger partial charge on any atom is 0.324 e. The second kappa shape index (κ2) is 9.78. The number of sulfone groups is 1. The Kier molecular flexibility index (Phi) is 6.50. The number of hydrogen-bond acceptors (Lipinski definition) is 11. The van der Waals surface area contributed by atoms with Crippen LogP contribution in [0.15, 0.2) is 39.8 Å². The topological polar surface area (TPSA) is 154 Å². The summed E-state index contributed by atoms with van der Waals surface area (Å²) in [7, 11) is -4.11. The number of carbonyl (C=O) groups excluding carboxylic acids is 1. The lowest BCUT2D eigenvalue weighted by molar-refractivity contribution is -0.119. The molecule has 3 aromatic rings. The summed E-state index contributed by atoms with van der Waals surface area (Å²) in [6.07, 6.45) is 1.77. The Morgan fingerprint density at radius 3 is 2.80 bits per heavy atom. The smallest absolute Gasteiger partial charge is 0.324 e. The molecule has 2 fully saturated rings. The number of nitrogens with zero attached hydrogens (tertiary/aromatic N) is 5. The van der Waals surface area contributed by atoms with E-state index in [4.69, 9.17) is 19.7 Å². The Bertz CT molecular complexity index is 1570. The van der Waals surface area contributed by atoms with Gasteiger partial charge in [-0.2, -0.15) is 4.98 Å². The summed E-state index contributed by atoms with van der Waals surface area (Å²) < 4.78 is 58.7. The molecule has 0 bridgehead atoms. The summed E-state index contributed by atoms with van der Waals surface area (Å²) in [5.41, 5.74) is 6.09. The van der Waals surface area contributed by atoms with Gasteiger partial charge in [-0.3, -0.25) is 4.79 Å². The molecular formula is C26H29FN6O6S. The van der Waals surface area contributed by atoms with Crippen molar-refractivity contribution >= 4 is 27.4 Å². The second-order valence-electron chi connectivity index (χ2n) is 10.6. The minimum Gasteiger partial charge on any atom is -0.475 e.